The van der Waals surface area contributed by atoms with Crippen molar-refractivity contribution in [2.75, 3.05) is 13.7 Å². The van der Waals surface area contributed by atoms with E-state index >= 15 is 0 Å². The lowest BCUT2D eigenvalue weighted by atomic mass is 9.53. The molecule has 0 bridgehead atoms. The summed E-state index contributed by atoms with van der Waals surface area (Å²) in [5.41, 5.74) is 1.29. The maximum atomic E-state index is 13.0. The van der Waals surface area contributed by atoms with Gasteiger partial charge in [0, 0.05) is 31.0 Å². The number of fused-ring (bicyclic) bond motifs is 1. The van der Waals surface area contributed by atoms with Crippen LogP contribution in [-0.2, 0) is 9.59 Å². The number of hydrogen-bond acceptors (Lipinski definition) is 3. The summed E-state index contributed by atoms with van der Waals surface area (Å²) < 4.78 is 5.30. The van der Waals surface area contributed by atoms with Gasteiger partial charge in [-0.15, -0.1) is 0 Å². The largest absolute Gasteiger partial charge is 0.497 e. The maximum absolute atomic E-state index is 13.0. The molecule has 28 heavy (non-hydrogen) atoms. The van der Waals surface area contributed by atoms with Crippen LogP contribution in [0.25, 0.3) is 0 Å². The molecular formula is C23H32N2O3. The highest BCUT2D eigenvalue weighted by Gasteiger charge is 2.52. The zero-order valence-electron chi connectivity index (χ0n) is 17.2. The van der Waals surface area contributed by atoms with Crippen LogP contribution in [0.5, 0.6) is 5.75 Å². The second-order valence-corrected chi connectivity index (χ2v) is 8.99. The van der Waals surface area contributed by atoms with E-state index in [1.165, 1.54) is 31.2 Å². The number of nitrogens with zero attached hydrogens (tertiary/aromatic N) is 1. The molecule has 1 N–H and O–H groups in total. The molecule has 1 aliphatic heterocycles. The molecule has 2 amide bonds. The van der Waals surface area contributed by atoms with E-state index < -0.39 is 0 Å². The summed E-state index contributed by atoms with van der Waals surface area (Å²) in [5.74, 6) is 2.41. The SMILES string of the molecule is COc1ccc([C@H]2C3CCCCC3[C@@H]2NC(=O)C2CC(=O)N(C(C)C)C2)cc1. The van der Waals surface area contributed by atoms with Gasteiger partial charge < -0.3 is 15.0 Å². The van der Waals surface area contributed by atoms with E-state index in [1.807, 2.05) is 30.9 Å². The van der Waals surface area contributed by atoms with E-state index in [1.54, 1.807) is 7.11 Å². The topological polar surface area (TPSA) is 58.6 Å². The predicted molar refractivity (Wildman–Crippen MR) is 108 cm³/mol. The van der Waals surface area contributed by atoms with Crippen molar-refractivity contribution in [2.24, 2.45) is 17.8 Å². The number of benzene rings is 1. The van der Waals surface area contributed by atoms with Crippen LogP contribution in [0, 0.1) is 17.8 Å². The summed E-state index contributed by atoms with van der Waals surface area (Å²) in [6.07, 6.45) is 5.33. The van der Waals surface area contributed by atoms with Gasteiger partial charge in [0.25, 0.3) is 0 Å². The Morgan fingerprint density at radius 3 is 2.43 bits per heavy atom. The smallest absolute Gasteiger partial charge is 0.225 e. The van der Waals surface area contributed by atoms with Crippen LogP contribution in [0.1, 0.15) is 57.4 Å². The molecule has 2 saturated carbocycles. The Kier molecular flexibility index (Phi) is 5.35. The fourth-order valence-corrected chi connectivity index (χ4v) is 5.63. The van der Waals surface area contributed by atoms with E-state index in [9.17, 15) is 9.59 Å². The Labute approximate surface area is 167 Å². The van der Waals surface area contributed by atoms with Crippen LogP contribution in [0.4, 0.5) is 0 Å². The molecule has 1 aromatic carbocycles. The summed E-state index contributed by atoms with van der Waals surface area (Å²) in [6.45, 7) is 4.57. The molecule has 4 rings (SSSR count). The second kappa shape index (κ2) is 7.76. The minimum atomic E-state index is -0.214. The third-order valence-corrected chi connectivity index (χ3v) is 7.15. The van der Waals surface area contributed by atoms with Gasteiger partial charge in [0.2, 0.25) is 11.8 Å². The fourth-order valence-electron chi connectivity index (χ4n) is 5.63. The van der Waals surface area contributed by atoms with Crippen molar-refractivity contribution < 1.29 is 14.3 Å². The summed E-state index contributed by atoms with van der Waals surface area (Å²) in [7, 11) is 1.68. The molecule has 0 aromatic heterocycles. The molecule has 0 spiro atoms. The highest BCUT2D eigenvalue weighted by atomic mass is 16.5. The molecule has 152 valence electrons. The van der Waals surface area contributed by atoms with Crippen LogP contribution in [0.2, 0.25) is 0 Å². The maximum Gasteiger partial charge on any atom is 0.225 e. The Morgan fingerprint density at radius 1 is 1.14 bits per heavy atom. The summed E-state index contributed by atoms with van der Waals surface area (Å²) >= 11 is 0. The highest BCUT2D eigenvalue weighted by molar-refractivity contribution is 5.89. The van der Waals surface area contributed by atoms with Crippen LogP contribution in [-0.4, -0.2) is 42.5 Å². The van der Waals surface area contributed by atoms with E-state index in [-0.39, 0.29) is 29.8 Å². The minimum absolute atomic E-state index is 0.0593. The second-order valence-electron chi connectivity index (χ2n) is 8.99. The zero-order chi connectivity index (χ0) is 19.8. The van der Waals surface area contributed by atoms with E-state index in [4.69, 9.17) is 4.74 Å². The molecule has 3 unspecified atom stereocenters. The molecule has 1 saturated heterocycles. The Bertz CT molecular complexity index is 730. The Balaban J connectivity index is 1.48. The summed E-state index contributed by atoms with van der Waals surface area (Å²) in [6, 6.07) is 8.67. The standard InChI is InChI=1S/C23H32N2O3/c1-14(2)25-13-16(12-20(25)26)23(27)24-22-19-7-5-4-6-18(19)21(22)15-8-10-17(28-3)11-9-15/h8-11,14,16,18-19,21-22H,4-7,12-13H2,1-3H3,(H,24,27)/t16?,18?,19?,21-,22-/m0/s1. The molecule has 2 aliphatic carbocycles. The number of amides is 2. The molecule has 5 heteroatoms. The number of methoxy groups -OCH3 is 1. The average Bonchev–Trinajstić information content (AvgIpc) is 3.09. The van der Waals surface area contributed by atoms with Crippen molar-refractivity contribution in [1.82, 2.24) is 10.2 Å². The van der Waals surface area contributed by atoms with Crippen molar-refractivity contribution in [3.63, 3.8) is 0 Å². The molecule has 5 atom stereocenters. The first-order chi connectivity index (χ1) is 13.5. The van der Waals surface area contributed by atoms with Gasteiger partial charge in [0.15, 0.2) is 0 Å². The first-order valence-electron chi connectivity index (χ1n) is 10.7. The van der Waals surface area contributed by atoms with Crippen molar-refractivity contribution in [3.8, 4) is 5.75 Å². The predicted octanol–water partition coefficient (Wildman–Crippen LogP) is 3.34. The molecule has 3 aliphatic rings. The normalized spacial score (nSPS) is 32.1. The van der Waals surface area contributed by atoms with Crippen molar-refractivity contribution in [1.29, 1.82) is 0 Å². The van der Waals surface area contributed by atoms with Crippen molar-refractivity contribution in [2.45, 2.75) is 64.0 Å². The van der Waals surface area contributed by atoms with Gasteiger partial charge in [0.05, 0.1) is 13.0 Å². The lowest BCUT2D eigenvalue weighted by Crippen LogP contribution is -2.60. The lowest BCUT2D eigenvalue weighted by molar-refractivity contribution is -0.131. The molecule has 1 aromatic rings. The van der Waals surface area contributed by atoms with Crippen molar-refractivity contribution in [3.05, 3.63) is 29.8 Å². The lowest BCUT2D eigenvalue weighted by Gasteiger charge is -2.55. The fraction of sp³-hybridized carbons (Fsp3) is 0.652. The first kappa shape index (κ1) is 19.3. The van der Waals surface area contributed by atoms with Crippen molar-refractivity contribution >= 4 is 11.8 Å². The average molecular weight is 385 g/mol. The number of nitrogens with one attached hydrogen (secondary N) is 1. The molecule has 3 fully saturated rings. The van der Waals surface area contributed by atoms with Crippen LogP contribution < -0.4 is 10.1 Å². The highest BCUT2D eigenvalue weighted by Crippen LogP contribution is 2.54. The van der Waals surface area contributed by atoms with Gasteiger partial charge in [-0.2, -0.15) is 0 Å². The van der Waals surface area contributed by atoms with E-state index in [0.29, 0.717) is 30.7 Å². The third kappa shape index (κ3) is 3.40. The van der Waals surface area contributed by atoms with Gasteiger partial charge in [-0.3, -0.25) is 9.59 Å². The van der Waals surface area contributed by atoms with Crippen LogP contribution in [0.3, 0.4) is 0 Å². The molecule has 0 radical (unpaired) electrons. The quantitative estimate of drug-likeness (QED) is 0.847. The Hall–Kier alpha value is -2.04. The molecule has 1 heterocycles. The van der Waals surface area contributed by atoms with E-state index in [2.05, 4.69) is 17.4 Å². The monoisotopic (exact) mass is 384 g/mol. The number of likely N-dealkylation sites (tertiary alicyclic amines) is 1. The van der Waals surface area contributed by atoms with E-state index in [0.717, 1.165) is 5.75 Å². The van der Waals surface area contributed by atoms with Crippen LogP contribution in [0.15, 0.2) is 24.3 Å². The minimum Gasteiger partial charge on any atom is -0.497 e. The Morgan fingerprint density at radius 2 is 1.82 bits per heavy atom. The molecule has 5 nitrogen and oxygen atoms in total. The summed E-state index contributed by atoms with van der Waals surface area (Å²) in [5, 5.41) is 3.37. The molecular weight excluding hydrogens is 352 g/mol. The number of carbonyl (C=O) groups is 2. The summed E-state index contributed by atoms with van der Waals surface area (Å²) in [4.78, 5) is 27.0. The third-order valence-electron chi connectivity index (χ3n) is 7.15. The van der Waals surface area contributed by atoms with Crippen LogP contribution >= 0.6 is 0 Å². The van der Waals surface area contributed by atoms with Gasteiger partial charge in [-0.05, 0) is 56.2 Å². The number of ether oxygens (including phenoxy) is 1. The van der Waals surface area contributed by atoms with Gasteiger partial charge in [-0.1, -0.05) is 25.0 Å². The van der Waals surface area contributed by atoms with Gasteiger partial charge >= 0.3 is 0 Å². The zero-order valence-corrected chi connectivity index (χ0v) is 17.2. The first-order valence-corrected chi connectivity index (χ1v) is 10.7. The van der Waals surface area contributed by atoms with Gasteiger partial charge in [-0.25, -0.2) is 0 Å². The number of carbonyl (C=O) groups excluding carboxylic acids is 2. The number of rotatable bonds is 5. The number of hydrogen-bond donors (Lipinski definition) is 1. The van der Waals surface area contributed by atoms with Gasteiger partial charge in [0.1, 0.15) is 5.75 Å².